The molecular weight excluding hydrogens is 355 g/mol. The lowest BCUT2D eigenvalue weighted by Crippen LogP contribution is -1.95. The summed E-state index contributed by atoms with van der Waals surface area (Å²) in [7, 11) is 0. The molecule has 0 radical (unpaired) electrons. The Balaban J connectivity index is 1.94. The molecule has 0 N–H and O–H groups in total. The summed E-state index contributed by atoms with van der Waals surface area (Å²) in [4.78, 5) is 0. The van der Waals surface area contributed by atoms with Gasteiger partial charge in [-0.2, -0.15) is 5.10 Å². The Morgan fingerprint density at radius 1 is 1.14 bits per heavy atom. The number of nitrogens with zero attached hydrogens (tertiary/aromatic N) is 2. The Bertz CT molecular complexity index is 758. The third-order valence-corrected chi connectivity index (χ3v) is 4.36. The first-order chi connectivity index (χ1) is 10.1. The van der Waals surface area contributed by atoms with Crippen LogP contribution in [-0.2, 0) is 0 Å². The monoisotopic (exact) mass is 364 g/mol. The van der Waals surface area contributed by atoms with Gasteiger partial charge in [0.1, 0.15) is 5.82 Å². The zero-order valence-electron chi connectivity index (χ0n) is 10.9. The minimum atomic E-state index is -0.465. The van der Waals surface area contributed by atoms with E-state index in [1.807, 2.05) is 36.5 Å². The van der Waals surface area contributed by atoms with E-state index in [9.17, 15) is 4.39 Å². The van der Waals surface area contributed by atoms with Crippen LogP contribution in [0.15, 0.2) is 65.4 Å². The number of aromatic nitrogens is 2. The van der Waals surface area contributed by atoms with Crippen molar-refractivity contribution in [3.8, 4) is 5.69 Å². The van der Waals surface area contributed by atoms with Gasteiger partial charge in [-0.3, -0.25) is 0 Å². The van der Waals surface area contributed by atoms with Gasteiger partial charge in [-0.15, -0.1) is 11.6 Å². The largest absolute Gasteiger partial charge is 0.241 e. The number of para-hydroxylation sites is 1. The molecule has 0 aliphatic rings. The number of benzene rings is 2. The van der Waals surface area contributed by atoms with Crippen LogP contribution in [0.4, 0.5) is 4.39 Å². The van der Waals surface area contributed by atoms with Crippen LogP contribution in [0.1, 0.15) is 16.5 Å². The van der Waals surface area contributed by atoms with E-state index in [1.54, 1.807) is 16.9 Å². The molecule has 1 heterocycles. The number of alkyl halides is 1. The van der Waals surface area contributed by atoms with Crippen molar-refractivity contribution in [2.45, 2.75) is 5.38 Å². The molecule has 1 atom stereocenters. The quantitative estimate of drug-likeness (QED) is 0.590. The maximum Gasteiger partial charge on any atom is 0.123 e. The molecule has 21 heavy (non-hydrogen) atoms. The Morgan fingerprint density at radius 3 is 2.67 bits per heavy atom. The molecule has 2 aromatic carbocycles. The highest BCUT2D eigenvalue weighted by Gasteiger charge is 2.17. The summed E-state index contributed by atoms with van der Waals surface area (Å²) in [6.45, 7) is 0. The van der Waals surface area contributed by atoms with E-state index in [0.29, 0.717) is 5.56 Å². The predicted octanol–water partition coefficient (Wildman–Crippen LogP) is 5.10. The highest BCUT2D eigenvalue weighted by molar-refractivity contribution is 9.10. The molecule has 106 valence electrons. The van der Waals surface area contributed by atoms with Gasteiger partial charge in [0, 0.05) is 16.2 Å². The van der Waals surface area contributed by atoms with Gasteiger partial charge in [0.2, 0.25) is 0 Å². The molecular formula is C16H11BrClFN2. The summed E-state index contributed by atoms with van der Waals surface area (Å²) >= 11 is 9.86. The molecule has 0 aliphatic carbocycles. The number of halogens is 3. The SMILES string of the molecule is Fc1ccc(Br)c(C(Cl)c2cnn(-c3ccccc3)c2)c1. The van der Waals surface area contributed by atoms with Crippen molar-refractivity contribution in [2.24, 2.45) is 0 Å². The van der Waals surface area contributed by atoms with Gasteiger partial charge in [0.05, 0.1) is 17.3 Å². The Morgan fingerprint density at radius 2 is 1.90 bits per heavy atom. The molecule has 1 aromatic heterocycles. The first-order valence-electron chi connectivity index (χ1n) is 6.34. The molecule has 0 bridgehead atoms. The number of hydrogen-bond donors (Lipinski definition) is 0. The predicted molar refractivity (Wildman–Crippen MR) is 85.4 cm³/mol. The summed E-state index contributed by atoms with van der Waals surface area (Å²) < 4.78 is 15.9. The maximum absolute atomic E-state index is 13.4. The molecule has 1 unspecified atom stereocenters. The Kier molecular flexibility index (Phi) is 4.08. The summed E-state index contributed by atoms with van der Waals surface area (Å²) in [5, 5.41) is 3.84. The lowest BCUT2D eigenvalue weighted by molar-refractivity contribution is 0.625. The van der Waals surface area contributed by atoms with Crippen molar-refractivity contribution in [1.82, 2.24) is 9.78 Å². The molecule has 0 saturated carbocycles. The standard InChI is InChI=1S/C16H11BrClFN2/c17-15-7-6-12(19)8-14(15)16(18)11-9-20-21(10-11)13-4-2-1-3-5-13/h1-10,16H. The van der Waals surface area contributed by atoms with E-state index in [2.05, 4.69) is 21.0 Å². The van der Waals surface area contributed by atoms with Gasteiger partial charge in [0.25, 0.3) is 0 Å². The zero-order valence-corrected chi connectivity index (χ0v) is 13.2. The topological polar surface area (TPSA) is 17.8 Å². The highest BCUT2D eigenvalue weighted by Crippen LogP contribution is 2.34. The van der Waals surface area contributed by atoms with Crippen molar-refractivity contribution >= 4 is 27.5 Å². The minimum Gasteiger partial charge on any atom is -0.241 e. The average molecular weight is 366 g/mol. The molecule has 2 nitrogen and oxygen atoms in total. The van der Waals surface area contributed by atoms with Crippen molar-refractivity contribution in [3.05, 3.63) is 82.3 Å². The minimum absolute atomic E-state index is 0.311. The molecule has 3 aromatic rings. The van der Waals surface area contributed by atoms with Gasteiger partial charge in [-0.25, -0.2) is 9.07 Å². The second kappa shape index (κ2) is 6.00. The van der Waals surface area contributed by atoms with Gasteiger partial charge in [0.15, 0.2) is 0 Å². The van der Waals surface area contributed by atoms with Gasteiger partial charge >= 0.3 is 0 Å². The molecule has 0 saturated heterocycles. The molecule has 5 heteroatoms. The normalized spacial score (nSPS) is 12.3. The Labute approximate surface area is 135 Å². The van der Waals surface area contributed by atoms with Crippen LogP contribution in [0.5, 0.6) is 0 Å². The third-order valence-electron chi connectivity index (χ3n) is 3.15. The second-order valence-corrected chi connectivity index (χ2v) is 5.87. The van der Waals surface area contributed by atoms with Gasteiger partial charge in [-0.1, -0.05) is 34.1 Å². The smallest absolute Gasteiger partial charge is 0.123 e. The molecule has 0 amide bonds. The van der Waals surface area contributed by atoms with Crippen molar-refractivity contribution < 1.29 is 4.39 Å². The van der Waals surface area contributed by atoms with E-state index < -0.39 is 5.38 Å². The fraction of sp³-hybridized carbons (Fsp3) is 0.0625. The highest BCUT2D eigenvalue weighted by atomic mass is 79.9. The third kappa shape index (κ3) is 3.01. The molecule has 0 fully saturated rings. The van der Waals surface area contributed by atoms with Crippen molar-refractivity contribution in [1.29, 1.82) is 0 Å². The summed E-state index contributed by atoms with van der Waals surface area (Å²) in [6, 6.07) is 14.2. The van der Waals surface area contributed by atoms with E-state index in [4.69, 9.17) is 11.6 Å². The van der Waals surface area contributed by atoms with Crippen LogP contribution < -0.4 is 0 Å². The van der Waals surface area contributed by atoms with E-state index in [0.717, 1.165) is 15.7 Å². The van der Waals surface area contributed by atoms with E-state index in [1.165, 1.54) is 12.1 Å². The van der Waals surface area contributed by atoms with Crippen LogP contribution in [0.25, 0.3) is 5.69 Å². The number of rotatable bonds is 3. The fourth-order valence-corrected chi connectivity index (χ4v) is 2.98. The second-order valence-electron chi connectivity index (χ2n) is 4.58. The van der Waals surface area contributed by atoms with E-state index >= 15 is 0 Å². The van der Waals surface area contributed by atoms with E-state index in [-0.39, 0.29) is 5.82 Å². The number of hydrogen-bond acceptors (Lipinski definition) is 1. The van der Waals surface area contributed by atoms with Crippen LogP contribution in [-0.4, -0.2) is 9.78 Å². The zero-order chi connectivity index (χ0) is 14.8. The van der Waals surface area contributed by atoms with Crippen molar-refractivity contribution in [2.75, 3.05) is 0 Å². The van der Waals surface area contributed by atoms with Crippen LogP contribution in [0.3, 0.4) is 0 Å². The average Bonchev–Trinajstić information content (AvgIpc) is 3.00. The van der Waals surface area contributed by atoms with Crippen LogP contribution in [0.2, 0.25) is 0 Å². The molecule has 3 rings (SSSR count). The molecule has 0 spiro atoms. The Hall–Kier alpha value is -1.65. The maximum atomic E-state index is 13.4. The first-order valence-corrected chi connectivity index (χ1v) is 7.57. The van der Waals surface area contributed by atoms with Crippen molar-refractivity contribution in [3.63, 3.8) is 0 Å². The fourth-order valence-electron chi connectivity index (χ4n) is 2.08. The van der Waals surface area contributed by atoms with Gasteiger partial charge in [-0.05, 0) is 35.9 Å². The first kappa shape index (κ1) is 14.3. The van der Waals surface area contributed by atoms with Crippen LogP contribution >= 0.6 is 27.5 Å². The summed E-state index contributed by atoms with van der Waals surface area (Å²) in [5.74, 6) is -0.311. The lowest BCUT2D eigenvalue weighted by Gasteiger charge is -2.10. The molecule has 0 aliphatic heterocycles. The summed E-state index contributed by atoms with van der Waals surface area (Å²) in [6.07, 6.45) is 3.55. The lowest BCUT2D eigenvalue weighted by atomic mass is 10.1. The summed E-state index contributed by atoms with van der Waals surface area (Å²) in [5.41, 5.74) is 2.45. The van der Waals surface area contributed by atoms with Gasteiger partial charge < -0.3 is 0 Å². The van der Waals surface area contributed by atoms with Crippen LogP contribution in [0, 0.1) is 5.82 Å².